The van der Waals surface area contributed by atoms with Gasteiger partial charge in [-0.25, -0.2) is 4.79 Å². The summed E-state index contributed by atoms with van der Waals surface area (Å²) in [5, 5.41) is 14.0. The Labute approximate surface area is 102 Å². The first kappa shape index (κ1) is 15.5. The second-order valence-corrected chi connectivity index (χ2v) is 3.87. The molecule has 0 aliphatic carbocycles. The van der Waals surface area contributed by atoms with Crippen molar-refractivity contribution < 1.29 is 14.7 Å². The molecular formula is C12H22N2O3. The van der Waals surface area contributed by atoms with Gasteiger partial charge in [-0.3, -0.25) is 4.79 Å². The largest absolute Gasteiger partial charge is 0.481 e. The third-order valence-electron chi connectivity index (χ3n) is 2.42. The highest BCUT2D eigenvalue weighted by atomic mass is 16.4. The minimum atomic E-state index is -0.827. The fourth-order valence-corrected chi connectivity index (χ4v) is 1.34. The fraction of sp³-hybridized carbons (Fsp3) is 0.667. The average Bonchev–Trinajstić information content (AvgIpc) is 2.29. The number of carboxylic acid groups (broad SMARTS) is 1. The van der Waals surface area contributed by atoms with Gasteiger partial charge in [0, 0.05) is 19.5 Å². The topological polar surface area (TPSA) is 78.4 Å². The predicted octanol–water partition coefficient (Wildman–Crippen LogP) is 1.75. The van der Waals surface area contributed by atoms with Crippen LogP contribution in [0.4, 0.5) is 4.79 Å². The molecule has 0 aliphatic rings. The van der Waals surface area contributed by atoms with Gasteiger partial charge >= 0.3 is 12.0 Å². The summed E-state index contributed by atoms with van der Waals surface area (Å²) in [6.07, 6.45) is 5.54. The van der Waals surface area contributed by atoms with Crippen LogP contribution in [-0.4, -0.2) is 30.2 Å². The van der Waals surface area contributed by atoms with Gasteiger partial charge in [-0.05, 0) is 19.3 Å². The van der Waals surface area contributed by atoms with Gasteiger partial charge in [0.1, 0.15) is 0 Å². The molecule has 0 aromatic carbocycles. The number of carbonyl (C=O) groups excluding carboxylic acids is 1. The van der Waals surface area contributed by atoms with Crippen molar-refractivity contribution in [2.24, 2.45) is 5.92 Å². The van der Waals surface area contributed by atoms with Crippen LogP contribution in [0.15, 0.2) is 12.2 Å². The Morgan fingerprint density at radius 2 is 2.06 bits per heavy atom. The molecule has 0 saturated carbocycles. The number of allylic oxidation sites excluding steroid dienone is 1. The van der Waals surface area contributed by atoms with Crippen molar-refractivity contribution in [1.82, 2.24) is 10.6 Å². The van der Waals surface area contributed by atoms with Gasteiger partial charge in [0.05, 0.1) is 0 Å². The highest BCUT2D eigenvalue weighted by Crippen LogP contribution is 2.06. The Morgan fingerprint density at radius 3 is 2.59 bits per heavy atom. The van der Waals surface area contributed by atoms with Crippen molar-refractivity contribution in [2.75, 3.05) is 13.1 Å². The van der Waals surface area contributed by atoms with Crippen molar-refractivity contribution >= 4 is 12.0 Å². The van der Waals surface area contributed by atoms with Gasteiger partial charge in [-0.1, -0.05) is 25.5 Å². The van der Waals surface area contributed by atoms with E-state index >= 15 is 0 Å². The maximum Gasteiger partial charge on any atom is 0.314 e. The number of hydrogen-bond acceptors (Lipinski definition) is 2. The molecule has 3 N–H and O–H groups in total. The third kappa shape index (κ3) is 9.41. The highest BCUT2D eigenvalue weighted by Gasteiger charge is 2.11. The molecule has 1 unspecified atom stereocenters. The van der Waals surface area contributed by atoms with Crippen LogP contribution in [0.25, 0.3) is 0 Å². The van der Waals surface area contributed by atoms with E-state index < -0.39 is 5.97 Å². The van der Waals surface area contributed by atoms with Crippen LogP contribution in [0.2, 0.25) is 0 Å². The number of aliphatic carboxylic acids is 1. The molecule has 0 heterocycles. The van der Waals surface area contributed by atoms with Crippen LogP contribution < -0.4 is 10.6 Å². The monoisotopic (exact) mass is 242 g/mol. The molecule has 0 radical (unpaired) electrons. The molecule has 0 bridgehead atoms. The summed E-state index contributed by atoms with van der Waals surface area (Å²) < 4.78 is 0. The molecule has 2 amide bonds. The zero-order valence-electron chi connectivity index (χ0n) is 10.5. The van der Waals surface area contributed by atoms with Crippen LogP contribution in [0.5, 0.6) is 0 Å². The first-order valence-electron chi connectivity index (χ1n) is 5.94. The van der Waals surface area contributed by atoms with E-state index in [9.17, 15) is 9.59 Å². The smallest absolute Gasteiger partial charge is 0.314 e. The lowest BCUT2D eigenvalue weighted by Crippen LogP contribution is -2.38. The van der Waals surface area contributed by atoms with Crippen molar-refractivity contribution in [2.45, 2.75) is 33.1 Å². The summed E-state index contributed by atoms with van der Waals surface area (Å²) in [5.74, 6) is -0.832. The number of hydrogen-bond donors (Lipinski definition) is 3. The Kier molecular flexibility index (Phi) is 8.82. The predicted molar refractivity (Wildman–Crippen MR) is 66.9 cm³/mol. The van der Waals surface area contributed by atoms with E-state index in [0.29, 0.717) is 13.1 Å². The molecular weight excluding hydrogens is 220 g/mol. The van der Waals surface area contributed by atoms with Crippen molar-refractivity contribution in [1.29, 1.82) is 0 Å². The molecule has 5 nitrogen and oxygen atoms in total. The average molecular weight is 242 g/mol. The maximum atomic E-state index is 11.3. The summed E-state index contributed by atoms with van der Waals surface area (Å²) in [6.45, 7) is 4.83. The molecule has 17 heavy (non-hydrogen) atoms. The lowest BCUT2D eigenvalue weighted by atomic mass is 10.0. The molecule has 0 fully saturated rings. The number of urea groups is 1. The first-order valence-corrected chi connectivity index (χ1v) is 5.94. The molecule has 0 aliphatic heterocycles. The van der Waals surface area contributed by atoms with Gasteiger partial charge in [-0.2, -0.15) is 0 Å². The van der Waals surface area contributed by atoms with Crippen molar-refractivity contribution in [3.8, 4) is 0 Å². The molecule has 1 atom stereocenters. The Morgan fingerprint density at radius 1 is 1.35 bits per heavy atom. The number of nitrogens with one attached hydrogen (secondary N) is 2. The third-order valence-corrected chi connectivity index (χ3v) is 2.42. The number of carbonyl (C=O) groups is 2. The van der Waals surface area contributed by atoms with Gasteiger partial charge in [0.2, 0.25) is 0 Å². The summed E-state index contributed by atoms with van der Waals surface area (Å²) in [4.78, 5) is 21.8. The van der Waals surface area contributed by atoms with E-state index in [2.05, 4.69) is 10.6 Å². The summed E-state index contributed by atoms with van der Waals surface area (Å²) in [6, 6.07) is -0.238. The fourth-order valence-electron chi connectivity index (χ4n) is 1.34. The Balaban J connectivity index is 3.69. The molecule has 0 saturated heterocycles. The van der Waals surface area contributed by atoms with E-state index in [1.807, 2.05) is 26.0 Å². The van der Waals surface area contributed by atoms with Gasteiger partial charge in [0.25, 0.3) is 0 Å². The van der Waals surface area contributed by atoms with Gasteiger partial charge in [0.15, 0.2) is 0 Å². The molecule has 5 heteroatoms. The SMILES string of the molecule is C/C=C/CCNC(=O)NCC(CC)CC(=O)O. The van der Waals surface area contributed by atoms with Crippen LogP contribution >= 0.6 is 0 Å². The van der Waals surface area contributed by atoms with E-state index in [1.165, 1.54) is 0 Å². The summed E-state index contributed by atoms with van der Waals surface area (Å²) in [7, 11) is 0. The molecule has 0 aromatic rings. The van der Waals surface area contributed by atoms with E-state index in [1.54, 1.807) is 0 Å². The summed E-state index contributed by atoms with van der Waals surface area (Å²) in [5.41, 5.74) is 0. The number of rotatable bonds is 8. The van der Waals surface area contributed by atoms with Crippen molar-refractivity contribution in [3.63, 3.8) is 0 Å². The van der Waals surface area contributed by atoms with E-state index in [0.717, 1.165) is 12.8 Å². The lowest BCUT2D eigenvalue weighted by Gasteiger charge is -2.13. The van der Waals surface area contributed by atoms with Crippen LogP contribution in [0.3, 0.4) is 0 Å². The standard InChI is InChI=1S/C12H22N2O3/c1-3-5-6-7-13-12(17)14-9-10(4-2)8-11(15)16/h3,5,10H,4,6-9H2,1-2H3,(H,15,16)(H2,13,14,17)/b5-3+. The maximum absolute atomic E-state index is 11.3. The van der Waals surface area contributed by atoms with Gasteiger partial charge in [-0.15, -0.1) is 0 Å². The zero-order chi connectivity index (χ0) is 13.1. The highest BCUT2D eigenvalue weighted by molar-refractivity contribution is 5.74. The molecule has 0 spiro atoms. The Bertz CT molecular complexity index is 264. The van der Waals surface area contributed by atoms with Crippen LogP contribution in [0.1, 0.15) is 33.1 Å². The van der Waals surface area contributed by atoms with Crippen molar-refractivity contribution in [3.05, 3.63) is 12.2 Å². The molecule has 98 valence electrons. The second kappa shape index (κ2) is 9.69. The lowest BCUT2D eigenvalue weighted by molar-refractivity contribution is -0.138. The minimum absolute atomic E-state index is 0.00575. The zero-order valence-corrected chi connectivity index (χ0v) is 10.5. The van der Waals surface area contributed by atoms with Crippen LogP contribution in [0, 0.1) is 5.92 Å². The quantitative estimate of drug-likeness (QED) is 0.448. The van der Waals surface area contributed by atoms with E-state index in [4.69, 9.17) is 5.11 Å². The van der Waals surface area contributed by atoms with Gasteiger partial charge < -0.3 is 15.7 Å². The second-order valence-electron chi connectivity index (χ2n) is 3.87. The normalized spacial score (nSPS) is 12.4. The molecule has 0 aromatic heterocycles. The molecule has 0 rings (SSSR count). The Hall–Kier alpha value is -1.52. The first-order chi connectivity index (χ1) is 8.10. The minimum Gasteiger partial charge on any atom is -0.481 e. The summed E-state index contributed by atoms with van der Waals surface area (Å²) >= 11 is 0. The number of amides is 2. The van der Waals surface area contributed by atoms with Crippen LogP contribution in [-0.2, 0) is 4.79 Å². The van der Waals surface area contributed by atoms with E-state index in [-0.39, 0.29) is 18.4 Å². The number of carboxylic acids is 1.